The number of hydrogen-bond acceptors (Lipinski definition) is 1. The van der Waals surface area contributed by atoms with Crippen molar-refractivity contribution in [1.29, 1.82) is 0 Å². The molecule has 2 aromatic rings. The van der Waals surface area contributed by atoms with Gasteiger partial charge in [0.25, 0.3) is 0 Å². The van der Waals surface area contributed by atoms with Crippen LogP contribution >= 0.6 is 0 Å². The molecule has 0 fully saturated rings. The minimum Gasteiger partial charge on any atom is -0.327 e. The summed E-state index contributed by atoms with van der Waals surface area (Å²) in [6.45, 7) is 2.31. The second kappa shape index (κ2) is 5.18. The van der Waals surface area contributed by atoms with Gasteiger partial charge in [-0.25, -0.2) is 0 Å². The van der Waals surface area contributed by atoms with Gasteiger partial charge in [0.1, 0.15) is 0 Å². The minimum atomic E-state index is 0.269. The van der Waals surface area contributed by atoms with E-state index < -0.39 is 0 Å². The molecule has 0 saturated heterocycles. The van der Waals surface area contributed by atoms with Crippen LogP contribution in [0.25, 0.3) is 0 Å². The van der Waals surface area contributed by atoms with Gasteiger partial charge in [-0.1, -0.05) is 61.5 Å². The molecule has 2 aromatic carbocycles. The van der Waals surface area contributed by atoms with Crippen LogP contribution in [0, 0.1) is 0 Å². The summed E-state index contributed by atoms with van der Waals surface area (Å²) >= 11 is 0. The van der Waals surface area contributed by atoms with E-state index >= 15 is 0 Å². The predicted molar refractivity (Wildman–Crippen MR) is 80.3 cm³/mol. The molecule has 19 heavy (non-hydrogen) atoms. The normalized spacial score (nSPS) is 23.7. The molecule has 0 aromatic heterocycles. The van der Waals surface area contributed by atoms with Crippen LogP contribution in [0.5, 0.6) is 0 Å². The van der Waals surface area contributed by atoms with Gasteiger partial charge in [0.2, 0.25) is 0 Å². The molecule has 0 spiro atoms. The van der Waals surface area contributed by atoms with Crippen molar-refractivity contribution < 1.29 is 0 Å². The number of fused-ring (bicyclic) bond motifs is 1. The summed E-state index contributed by atoms with van der Waals surface area (Å²) in [6.07, 6.45) is 2.22. The number of benzene rings is 2. The zero-order valence-corrected chi connectivity index (χ0v) is 11.4. The van der Waals surface area contributed by atoms with E-state index in [-0.39, 0.29) is 6.04 Å². The molecule has 2 unspecified atom stereocenters. The Bertz CT molecular complexity index is 547. The number of rotatable bonds is 2. The van der Waals surface area contributed by atoms with Crippen molar-refractivity contribution in [2.45, 2.75) is 37.6 Å². The lowest BCUT2D eigenvalue weighted by molar-refractivity contribution is 0.422. The van der Waals surface area contributed by atoms with E-state index in [9.17, 15) is 0 Å². The summed E-state index contributed by atoms with van der Waals surface area (Å²) in [4.78, 5) is 0. The van der Waals surface area contributed by atoms with Crippen molar-refractivity contribution in [3.8, 4) is 0 Å². The maximum Gasteiger partial charge on any atom is 0.0117 e. The molecule has 1 aliphatic rings. The van der Waals surface area contributed by atoms with Gasteiger partial charge in [-0.2, -0.15) is 0 Å². The van der Waals surface area contributed by atoms with Gasteiger partial charge in [-0.15, -0.1) is 0 Å². The minimum absolute atomic E-state index is 0.269. The van der Waals surface area contributed by atoms with Crippen LogP contribution in [0.3, 0.4) is 0 Å². The highest BCUT2D eigenvalue weighted by Crippen LogP contribution is 2.40. The molecule has 0 heterocycles. The SMILES string of the molecule is C[C@@H](c1ccccc1)C1c2ccccc2CCC1N. The van der Waals surface area contributed by atoms with E-state index in [0.717, 1.165) is 12.8 Å². The first kappa shape index (κ1) is 12.4. The van der Waals surface area contributed by atoms with Crippen molar-refractivity contribution in [2.24, 2.45) is 5.73 Å². The number of nitrogens with two attached hydrogens (primary N) is 1. The van der Waals surface area contributed by atoms with E-state index in [0.29, 0.717) is 11.8 Å². The van der Waals surface area contributed by atoms with Crippen LogP contribution < -0.4 is 5.73 Å². The molecular formula is C18H21N. The van der Waals surface area contributed by atoms with Gasteiger partial charge in [-0.3, -0.25) is 0 Å². The summed E-state index contributed by atoms with van der Waals surface area (Å²) in [5.41, 5.74) is 10.8. The monoisotopic (exact) mass is 251 g/mol. The van der Waals surface area contributed by atoms with Crippen molar-refractivity contribution in [3.63, 3.8) is 0 Å². The first-order valence-electron chi connectivity index (χ1n) is 7.15. The summed E-state index contributed by atoms with van der Waals surface area (Å²) in [5, 5.41) is 0. The largest absolute Gasteiger partial charge is 0.327 e. The molecule has 98 valence electrons. The van der Waals surface area contributed by atoms with Crippen molar-refractivity contribution in [2.75, 3.05) is 0 Å². The Morgan fingerprint density at radius 3 is 2.47 bits per heavy atom. The van der Waals surface area contributed by atoms with Gasteiger partial charge < -0.3 is 5.73 Å². The second-order valence-electron chi connectivity index (χ2n) is 5.63. The van der Waals surface area contributed by atoms with E-state index in [1.54, 1.807) is 0 Å². The fraction of sp³-hybridized carbons (Fsp3) is 0.333. The van der Waals surface area contributed by atoms with Crippen LogP contribution in [0.1, 0.15) is 41.9 Å². The highest BCUT2D eigenvalue weighted by atomic mass is 14.7. The Kier molecular flexibility index (Phi) is 3.39. The lowest BCUT2D eigenvalue weighted by Crippen LogP contribution is -2.35. The highest BCUT2D eigenvalue weighted by molar-refractivity contribution is 5.38. The maximum atomic E-state index is 6.43. The summed E-state index contributed by atoms with van der Waals surface area (Å²) in [7, 11) is 0. The molecule has 3 atom stereocenters. The topological polar surface area (TPSA) is 26.0 Å². The molecule has 0 saturated carbocycles. The fourth-order valence-electron chi connectivity index (χ4n) is 3.42. The molecule has 0 aliphatic heterocycles. The molecule has 1 nitrogen and oxygen atoms in total. The number of hydrogen-bond donors (Lipinski definition) is 1. The van der Waals surface area contributed by atoms with E-state index in [4.69, 9.17) is 5.73 Å². The van der Waals surface area contributed by atoms with Gasteiger partial charge >= 0.3 is 0 Å². The van der Waals surface area contributed by atoms with Crippen molar-refractivity contribution in [1.82, 2.24) is 0 Å². The van der Waals surface area contributed by atoms with Crippen LogP contribution in [0.2, 0.25) is 0 Å². The second-order valence-corrected chi connectivity index (χ2v) is 5.63. The summed E-state index contributed by atoms with van der Waals surface area (Å²) in [6, 6.07) is 19.8. The van der Waals surface area contributed by atoms with Crippen LogP contribution in [-0.2, 0) is 6.42 Å². The standard InChI is InChI=1S/C18H21N/c1-13(14-7-3-2-4-8-14)18-16-10-6-5-9-15(16)11-12-17(18)19/h2-10,13,17-18H,11-12,19H2,1H3/t13-,17?,18?/m0/s1. The Hall–Kier alpha value is -1.60. The van der Waals surface area contributed by atoms with Gasteiger partial charge in [0.05, 0.1) is 0 Å². The van der Waals surface area contributed by atoms with Crippen LogP contribution in [0.4, 0.5) is 0 Å². The van der Waals surface area contributed by atoms with Gasteiger partial charge in [0, 0.05) is 12.0 Å². The Balaban J connectivity index is 2.00. The molecule has 3 rings (SSSR count). The van der Waals surface area contributed by atoms with Gasteiger partial charge in [-0.05, 0) is 35.4 Å². The third-order valence-electron chi connectivity index (χ3n) is 4.49. The molecule has 0 amide bonds. The first-order valence-corrected chi connectivity index (χ1v) is 7.15. The average Bonchev–Trinajstić information content (AvgIpc) is 2.47. The third-order valence-corrected chi connectivity index (χ3v) is 4.49. The summed E-state index contributed by atoms with van der Waals surface area (Å²) in [5.74, 6) is 0.907. The maximum absolute atomic E-state index is 6.43. The molecular weight excluding hydrogens is 230 g/mol. The number of aryl methyl sites for hydroxylation is 1. The van der Waals surface area contributed by atoms with Crippen molar-refractivity contribution >= 4 is 0 Å². The Morgan fingerprint density at radius 1 is 1.00 bits per heavy atom. The molecule has 1 aliphatic carbocycles. The molecule has 1 heteroatoms. The predicted octanol–water partition coefficient (Wildman–Crippen LogP) is 3.85. The van der Waals surface area contributed by atoms with Crippen molar-refractivity contribution in [3.05, 3.63) is 71.3 Å². The van der Waals surface area contributed by atoms with E-state index in [2.05, 4.69) is 61.5 Å². The molecule has 0 bridgehead atoms. The smallest absolute Gasteiger partial charge is 0.0117 e. The van der Waals surface area contributed by atoms with E-state index in [1.165, 1.54) is 16.7 Å². The quantitative estimate of drug-likeness (QED) is 0.862. The Morgan fingerprint density at radius 2 is 1.68 bits per heavy atom. The molecule has 0 radical (unpaired) electrons. The highest BCUT2D eigenvalue weighted by Gasteiger charge is 2.31. The first-order chi connectivity index (χ1) is 9.27. The third kappa shape index (κ3) is 2.31. The van der Waals surface area contributed by atoms with Crippen LogP contribution in [-0.4, -0.2) is 6.04 Å². The molecule has 2 N–H and O–H groups in total. The zero-order valence-electron chi connectivity index (χ0n) is 11.4. The lowest BCUT2D eigenvalue weighted by atomic mass is 9.71. The van der Waals surface area contributed by atoms with Gasteiger partial charge in [0.15, 0.2) is 0 Å². The zero-order chi connectivity index (χ0) is 13.2. The van der Waals surface area contributed by atoms with Crippen LogP contribution in [0.15, 0.2) is 54.6 Å². The Labute approximate surface area is 115 Å². The summed E-state index contributed by atoms with van der Waals surface area (Å²) < 4.78 is 0. The van der Waals surface area contributed by atoms with E-state index in [1.807, 2.05) is 0 Å². The lowest BCUT2D eigenvalue weighted by Gasteiger charge is -2.35. The fourth-order valence-corrected chi connectivity index (χ4v) is 3.42. The average molecular weight is 251 g/mol.